The third kappa shape index (κ3) is 3.47. The van der Waals surface area contributed by atoms with Crippen LogP contribution in [0.15, 0.2) is 41.4 Å². The normalized spacial score (nSPS) is 11.8. The van der Waals surface area contributed by atoms with Crippen molar-refractivity contribution in [1.82, 2.24) is 9.29 Å². The molecule has 21 heavy (non-hydrogen) atoms. The SMILES string of the molecule is CN(Cc1ccc(Cl)cc1Cl)S(=O)(=O)c1cccnc1N. The molecule has 0 aliphatic rings. The Bertz CT molecular complexity index is 766. The van der Waals surface area contributed by atoms with Gasteiger partial charge in [0.15, 0.2) is 0 Å². The van der Waals surface area contributed by atoms with E-state index in [1.807, 2.05) is 0 Å². The van der Waals surface area contributed by atoms with Crippen LogP contribution >= 0.6 is 23.2 Å². The number of rotatable bonds is 4. The number of aromatic nitrogens is 1. The van der Waals surface area contributed by atoms with Crippen molar-refractivity contribution in [2.24, 2.45) is 0 Å². The zero-order valence-corrected chi connectivity index (χ0v) is 13.5. The first-order valence-corrected chi connectivity index (χ1v) is 8.12. The summed E-state index contributed by atoms with van der Waals surface area (Å²) in [7, 11) is -2.29. The second-order valence-electron chi connectivity index (χ2n) is 4.38. The maximum absolute atomic E-state index is 12.5. The molecule has 1 aromatic carbocycles. The van der Waals surface area contributed by atoms with Gasteiger partial charge in [-0.1, -0.05) is 29.3 Å². The quantitative estimate of drug-likeness (QED) is 0.924. The Hall–Kier alpha value is -1.34. The molecule has 0 fully saturated rings. The average molecular weight is 346 g/mol. The van der Waals surface area contributed by atoms with E-state index < -0.39 is 10.0 Å². The van der Waals surface area contributed by atoms with Crippen LogP contribution in [0, 0.1) is 0 Å². The second kappa shape index (κ2) is 6.19. The van der Waals surface area contributed by atoms with E-state index in [1.165, 1.54) is 25.4 Å². The molecule has 1 aromatic heterocycles. The highest BCUT2D eigenvalue weighted by Crippen LogP contribution is 2.25. The summed E-state index contributed by atoms with van der Waals surface area (Å²) in [5.74, 6) is -0.0356. The van der Waals surface area contributed by atoms with Gasteiger partial charge in [-0.05, 0) is 29.8 Å². The fraction of sp³-hybridized carbons (Fsp3) is 0.154. The van der Waals surface area contributed by atoms with Gasteiger partial charge < -0.3 is 5.73 Å². The number of anilines is 1. The van der Waals surface area contributed by atoms with E-state index >= 15 is 0 Å². The number of hydrogen-bond acceptors (Lipinski definition) is 4. The molecule has 8 heteroatoms. The fourth-order valence-electron chi connectivity index (χ4n) is 1.76. The molecule has 2 aromatic rings. The molecule has 0 spiro atoms. The first-order valence-electron chi connectivity index (χ1n) is 5.93. The van der Waals surface area contributed by atoms with Crippen molar-refractivity contribution in [2.75, 3.05) is 12.8 Å². The van der Waals surface area contributed by atoms with Gasteiger partial charge in [-0.25, -0.2) is 13.4 Å². The van der Waals surface area contributed by atoms with Gasteiger partial charge in [0, 0.05) is 29.8 Å². The summed E-state index contributed by atoms with van der Waals surface area (Å²) in [6, 6.07) is 7.84. The molecule has 0 amide bonds. The summed E-state index contributed by atoms with van der Waals surface area (Å²) in [4.78, 5) is 3.76. The average Bonchev–Trinajstić information content (AvgIpc) is 2.42. The lowest BCUT2D eigenvalue weighted by Gasteiger charge is -2.18. The Morgan fingerprint density at radius 2 is 2.00 bits per heavy atom. The molecule has 112 valence electrons. The molecular formula is C13H13Cl2N3O2S. The van der Waals surface area contributed by atoms with Gasteiger partial charge in [-0.3, -0.25) is 0 Å². The van der Waals surface area contributed by atoms with Crippen LogP contribution in [-0.2, 0) is 16.6 Å². The maximum atomic E-state index is 12.5. The van der Waals surface area contributed by atoms with Crippen LogP contribution < -0.4 is 5.73 Å². The van der Waals surface area contributed by atoms with Crippen LogP contribution in [0.5, 0.6) is 0 Å². The summed E-state index contributed by atoms with van der Waals surface area (Å²) >= 11 is 11.9. The van der Waals surface area contributed by atoms with Crippen molar-refractivity contribution in [2.45, 2.75) is 11.4 Å². The number of hydrogen-bond donors (Lipinski definition) is 1. The Kier molecular flexibility index (Phi) is 4.73. The van der Waals surface area contributed by atoms with Crippen LogP contribution in [-0.4, -0.2) is 24.8 Å². The third-order valence-corrected chi connectivity index (χ3v) is 5.33. The highest BCUT2D eigenvalue weighted by atomic mass is 35.5. The van der Waals surface area contributed by atoms with E-state index in [-0.39, 0.29) is 17.3 Å². The van der Waals surface area contributed by atoms with Crippen molar-refractivity contribution in [3.63, 3.8) is 0 Å². The first-order chi connectivity index (χ1) is 9.82. The highest BCUT2D eigenvalue weighted by Gasteiger charge is 2.24. The van der Waals surface area contributed by atoms with Gasteiger partial charge in [-0.2, -0.15) is 4.31 Å². The summed E-state index contributed by atoms with van der Waals surface area (Å²) in [6.45, 7) is 0.104. The molecule has 1 heterocycles. The lowest BCUT2D eigenvalue weighted by Crippen LogP contribution is -2.27. The Morgan fingerprint density at radius 3 is 2.62 bits per heavy atom. The van der Waals surface area contributed by atoms with Gasteiger partial charge in [0.2, 0.25) is 10.0 Å². The van der Waals surface area contributed by atoms with Crippen molar-refractivity contribution >= 4 is 39.0 Å². The second-order valence-corrected chi connectivity index (χ2v) is 7.24. The summed E-state index contributed by atoms with van der Waals surface area (Å²) in [5.41, 5.74) is 6.27. The molecular weight excluding hydrogens is 333 g/mol. The highest BCUT2D eigenvalue weighted by molar-refractivity contribution is 7.89. The molecule has 0 atom stereocenters. The smallest absolute Gasteiger partial charge is 0.246 e. The zero-order chi connectivity index (χ0) is 15.6. The van der Waals surface area contributed by atoms with E-state index in [2.05, 4.69) is 4.98 Å². The van der Waals surface area contributed by atoms with Crippen LogP contribution in [0.1, 0.15) is 5.56 Å². The molecule has 2 N–H and O–H groups in total. The molecule has 0 aliphatic heterocycles. The van der Waals surface area contributed by atoms with E-state index in [0.717, 1.165) is 4.31 Å². The van der Waals surface area contributed by atoms with Crippen molar-refractivity contribution < 1.29 is 8.42 Å². The molecule has 0 bridgehead atoms. The number of benzene rings is 1. The predicted molar refractivity (Wildman–Crippen MR) is 83.8 cm³/mol. The van der Waals surface area contributed by atoms with Crippen molar-refractivity contribution in [3.8, 4) is 0 Å². The van der Waals surface area contributed by atoms with Crippen LogP contribution in [0.25, 0.3) is 0 Å². The van der Waals surface area contributed by atoms with Crippen LogP contribution in [0.4, 0.5) is 5.82 Å². The molecule has 5 nitrogen and oxygen atoms in total. The molecule has 0 saturated heterocycles. The van der Waals surface area contributed by atoms with Gasteiger partial charge in [0.05, 0.1) is 0 Å². The lowest BCUT2D eigenvalue weighted by molar-refractivity contribution is 0.467. The number of pyridine rings is 1. The number of nitrogens with zero attached hydrogens (tertiary/aromatic N) is 2. The topological polar surface area (TPSA) is 76.3 Å². The van der Waals surface area contributed by atoms with Crippen LogP contribution in [0.2, 0.25) is 10.0 Å². The minimum absolute atomic E-state index is 0.0300. The summed E-state index contributed by atoms with van der Waals surface area (Å²) in [5, 5.41) is 0.898. The molecule has 0 radical (unpaired) electrons. The number of nitrogens with two attached hydrogens (primary N) is 1. The number of sulfonamides is 1. The first kappa shape index (κ1) is 16.0. The van der Waals surface area contributed by atoms with Crippen molar-refractivity contribution in [1.29, 1.82) is 0 Å². The van der Waals surface area contributed by atoms with E-state index in [1.54, 1.807) is 18.2 Å². The Labute approximate surface area is 133 Å². The lowest BCUT2D eigenvalue weighted by atomic mass is 10.2. The van der Waals surface area contributed by atoms with Gasteiger partial charge in [-0.15, -0.1) is 0 Å². The van der Waals surface area contributed by atoms with Gasteiger partial charge in [0.25, 0.3) is 0 Å². The minimum Gasteiger partial charge on any atom is -0.383 e. The summed E-state index contributed by atoms with van der Waals surface area (Å²) in [6.07, 6.45) is 1.43. The van der Waals surface area contributed by atoms with E-state index in [4.69, 9.17) is 28.9 Å². The largest absolute Gasteiger partial charge is 0.383 e. The van der Waals surface area contributed by atoms with E-state index in [9.17, 15) is 8.42 Å². The molecule has 0 unspecified atom stereocenters. The monoisotopic (exact) mass is 345 g/mol. The van der Waals surface area contributed by atoms with Gasteiger partial charge >= 0.3 is 0 Å². The van der Waals surface area contributed by atoms with Gasteiger partial charge in [0.1, 0.15) is 10.7 Å². The zero-order valence-electron chi connectivity index (χ0n) is 11.1. The third-order valence-electron chi connectivity index (χ3n) is 2.90. The van der Waals surface area contributed by atoms with E-state index in [0.29, 0.717) is 15.6 Å². The molecule has 2 rings (SSSR count). The molecule has 0 saturated carbocycles. The standard InChI is InChI=1S/C13H13Cl2N3O2S/c1-18(8-9-4-5-10(14)7-11(9)15)21(19,20)12-3-2-6-17-13(12)16/h2-7H,8H2,1H3,(H2,16,17). The Balaban J connectivity index is 2.31. The molecule has 0 aliphatic carbocycles. The fourth-order valence-corrected chi connectivity index (χ4v) is 3.44. The maximum Gasteiger partial charge on any atom is 0.246 e. The summed E-state index contributed by atoms with van der Waals surface area (Å²) < 4.78 is 26.1. The number of halogens is 2. The van der Waals surface area contributed by atoms with Crippen molar-refractivity contribution in [3.05, 3.63) is 52.1 Å². The number of nitrogen functional groups attached to an aromatic ring is 1. The minimum atomic E-state index is -3.74. The van der Waals surface area contributed by atoms with Crippen LogP contribution in [0.3, 0.4) is 0 Å². The predicted octanol–water partition coefficient (Wildman–Crippen LogP) is 2.79. The Morgan fingerprint density at radius 1 is 1.29 bits per heavy atom.